The van der Waals surface area contributed by atoms with E-state index in [1.807, 2.05) is 25.1 Å². The number of hydrogen-bond donors (Lipinski definition) is 1. The number of benzene rings is 1. The van der Waals surface area contributed by atoms with Crippen molar-refractivity contribution in [3.63, 3.8) is 0 Å². The minimum atomic E-state index is 0.0583. The van der Waals surface area contributed by atoms with Gasteiger partial charge in [0.1, 0.15) is 11.4 Å². The number of aromatic nitrogens is 2. The first-order valence-corrected chi connectivity index (χ1v) is 9.33. The summed E-state index contributed by atoms with van der Waals surface area (Å²) >= 11 is 7.51. The molecule has 1 N–H and O–H groups in total. The number of anilines is 1. The number of hydrogen-bond acceptors (Lipinski definition) is 6. The van der Waals surface area contributed by atoms with Crippen LogP contribution in [-0.2, 0) is 0 Å². The molecule has 2 heterocycles. The van der Waals surface area contributed by atoms with Gasteiger partial charge in [-0.2, -0.15) is 9.97 Å². The van der Waals surface area contributed by atoms with E-state index < -0.39 is 0 Å². The maximum Gasteiger partial charge on any atom is 0.318 e. The summed E-state index contributed by atoms with van der Waals surface area (Å²) in [4.78, 5) is 22.8. The monoisotopic (exact) mass is 387 g/mol. The molecule has 2 aromatic heterocycles. The SMILES string of the molecule is C=CCOc1nc(-c2cccc(Cl)c2)c2c(NC)c(C(=O)CC)sc2n1. The molecule has 0 radical (unpaired) electrons. The number of rotatable bonds is 7. The summed E-state index contributed by atoms with van der Waals surface area (Å²) in [6.07, 6.45) is 2.05. The molecule has 0 atom stereocenters. The fraction of sp³-hybridized carbons (Fsp3) is 0.211. The van der Waals surface area contributed by atoms with Gasteiger partial charge in [0, 0.05) is 24.1 Å². The molecule has 0 saturated carbocycles. The van der Waals surface area contributed by atoms with Gasteiger partial charge in [-0.25, -0.2) is 0 Å². The van der Waals surface area contributed by atoms with E-state index in [9.17, 15) is 4.79 Å². The van der Waals surface area contributed by atoms with Crippen LogP contribution in [0.25, 0.3) is 21.5 Å². The van der Waals surface area contributed by atoms with Crippen molar-refractivity contribution in [1.82, 2.24) is 9.97 Å². The Bertz CT molecular complexity index is 984. The standard InChI is InChI=1S/C19H18ClN3O2S/c1-4-9-25-19-22-15(11-7-6-8-12(20)10-11)14-16(21-3)17(13(24)5-2)26-18(14)23-19/h4,6-8,10,21H,1,5,9H2,2-3H3. The first kappa shape index (κ1) is 18.4. The van der Waals surface area contributed by atoms with E-state index in [1.165, 1.54) is 11.3 Å². The van der Waals surface area contributed by atoms with Gasteiger partial charge in [0.05, 0.1) is 21.6 Å². The molecule has 3 aromatic rings. The first-order valence-electron chi connectivity index (χ1n) is 8.14. The first-order chi connectivity index (χ1) is 12.6. The second-order valence-corrected chi connectivity index (χ2v) is 6.91. The Kier molecular flexibility index (Phi) is 5.54. The molecule has 5 nitrogen and oxygen atoms in total. The summed E-state index contributed by atoms with van der Waals surface area (Å²) < 4.78 is 5.55. The van der Waals surface area contributed by atoms with Crippen molar-refractivity contribution in [2.45, 2.75) is 13.3 Å². The molecule has 0 unspecified atom stereocenters. The van der Waals surface area contributed by atoms with Crippen molar-refractivity contribution in [3.05, 3.63) is 46.8 Å². The molecule has 7 heteroatoms. The Morgan fingerprint density at radius 2 is 2.23 bits per heavy atom. The summed E-state index contributed by atoms with van der Waals surface area (Å²) in [5.74, 6) is 0.0583. The number of Topliss-reactive ketones (excluding diaryl/α,β-unsaturated/α-hetero) is 1. The number of ether oxygens (including phenoxy) is 1. The van der Waals surface area contributed by atoms with Gasteiger partial charge in [0.15, 0.2) is 5.78 Å². The van der Waals surface area contributed by atoms with Crippen LogP contribution in [0.2, 0.25) is 5.02 Å². The van der Waals surface area contributed by atoms with Crippen LogP contribution in [0.4, 0.5) is 5.69 Å². The third-order valence-electron chi connectivity index (χ3n) is 3.78. The summed E-state index contributed by atoms with van der Waals surface area (Å²) in [6.45, 7) is 5.78. The van der Waals surface area contributed by atoms with Crippen molar-refractivity contribution in [2.75, 3.05) is 19.0 Å². The summed E-state index contributed by atoms with van der Waals surface area (Å²) in [6, 6.07) is 7.66. The summed E-state index contributed by atoms with van der Waals surface area (Å²) in [5.41, 5.74) is 2.24. The number of nitrogens with one attached hydrogen (secondary N) is 1. The zero-order chi connectivity index (χ0) is 18.7. The molecule has 0 amide bonds. The quantitative estimate of drug-likeness (QED) is 0.445. The lowest BCUT2D eigenvalue weighted by Gasteiger charge is -2.09. The van der Waals surface area contributed by atoms with E-state index >= 15 is 0 Å². The van der Waals surface area contributed by atoms with E-state index in [2.05, 4.69) is 21.9 Å². The normalized spacial score (nSPS) is 10.7. The van der Waals surface area contributed by atoms with E-state index in [-0.39, 0.29) is 11.8 Å². The fourth-order valence-electron chi connectivity index (χ4n) is 2.62. The molecule has 3 rings (SSSR count). The highest BCUT2D eigenvalue weighted by Gasteiger charge is 2.23. The van der Waals surface area contributed by atoms with Crippen LogP contribution >= 0.6 is 22.9 Å². The lowest BCUT2D eigenvalue weighted by Crippen LogP contribution is -2.01. The van der Waals surface area contributed by atoms with Gasteiger partial charge in [-0.1, -0.05) is 43.3 Å². The van der Waals surface area contributed by atoms with Gasteiger partial charge in [-0.05, 0) is 12.1 Å². The second-order valence-electron chi connectivity index (χ2n) is 5.48. The van der Waals surface area contributed by atoms with Crippen molar-refractivity contribution in [3.8, 4) is 17.3 Å². The Balaban J connectivity index is 2.32. The van der Waals surface area contributed by atoms with Gasteiger partial charge in [0.25, 0.3) is 0 Å². The zero-order valence-electron chi connectivity index (χ0n) is 14.5. The van der Waals surface area contributed by atoms with Gasteiger partial charge in [-0.15, -0.1) is 11.3 Å². The van der Waals surface area contributed by atoms with Crippen LogP contribution in [0.15, 0.2) is 36.9 Å². The number of halogens is 1. The lowest BCUT2D eigenvalue weighted by molar-refractivity contribution is 0.0993. The Morgan fingerprint density at radius 1 is 1.42 bits per heavy atom. The number of carbonyl (C=O) groups excluding carboxylic acids is 1. The minimum Gasteiger partial charge on any atom is -0.459 e. The predicted octanol–water partition coefficient (Wildman–Crippen LogP) is 5.21. The Hall–Kier alpha value is -2.44. The summed E-state index contributed by atoms with van der Waals surface area (Å²) in [7, 11) is 1.79. The molecule has 26 heavy (non-hydrogen) atoms. The molecule has 0 aliphatic rings. The summed E-state index contributed by atoms with van der Waals surface area (Å²) in [5, 5.41) is 4.54. The highest BCUT2D eigenvalue weighted by Crippen LogP contribution is 2.41. The number of carbonyl (C=O) groups is 1. The smallest absolute Gasteiger partial charge is 0.318 e. The molecular weight excluding hydrogens is 370 g/mol. The largest absolute Gasteiger partial charge is 0.459 e. The third-order valence-corrected chi connectivity index (χ3v) is 5.14. The lowest BCUT2D eigenvalue weighted by atomic mass is 10.1. The maximum atomic E-state index is 12.4. The van der Waals surface area contributed by atoms with E-state index in [1.54, 1.807) is 19.2 Å². The van der Waals surface area contributed by atoms with Crippen LogP contribution in [0.3, 0.4) is 0 Å². The fourth-order valence-corrected chi connectivity index (χ4v) is 3.99. The minimum absolute atomic E-state index is 0.0583. The van der Waals surface area contributed by atoms with Gasteiger partial charge < -0.3 is 10.1 Å². The van der Waals surface area contributed by atoms with Crippen LogP contribution in [-0.4, -0.2) is 29.4 Å². The average molecular weight is 388 g/mol. The number of thiophene rings is 1. The van der Waals surface area contributed by atoms with Crippen molar-refractivity contribution < 1.29 is 9.53 Å². The number of ketones is 1. The Morgan fingerprint density at radius 3 is 2.88 bits per heavy atom. The average Bonchev–Trinajstić information content (AvgIpc) is 3.03. The second kappa shape index (κ2) is 7.85. The third kappa shape index (κ3) is 3.43. The number of fused-ring (bicyclic) bond motifs is 1. The molecule has 0 saturated heterocycles. The van der Waals surface area contributed by atoms with Crippen LogP contribution in [0.5, 0.6) is 6.01 Å². The van der Waals surface area contributed by atoms with E-state index in [4.69, 9.17) is 16.3 Å². The molecule has 0 bridgehead atoms. The topological polar surface area (TPSA) is 64.1 Å². The highest BCUT2D eigenvalue weighted by molar-refractivity contribution is 7.21. The van der Waals surface area contributed by atoms with E-state index in [0.29, 0.717) is 33.5 Å². The van der Waals surface area contributed by atoms with Crippen LogP contribution in [0.1, 0.15) is 23.0 Å². The molecule has 0 spiro atoms. The van der Waals surface area contributed by atoms with E-state index in [0.717, 1.165) is 16.6 Å². The van der Waals surface area contributed by atoms with Gasteiger partial charge in [0.2, 0.25) is 0 Å². The van der Waals surface area contributed by atoms with Crippen LogP contribution in [0, 0.1) is 0 Å². The number of nitrogens with zero attached hydrogens (tertiary/aromatic N) is 2. The Labute approximate surface area is 160 Å². The molecule has 0 aliphatic carbocycles. The molecular formula is C19H18ClN3O2S. The highest BCUT2D eigenvalue weighted by atomic mass is 35.5. The van der Waals surface area contributed by atoms with Crippen molar-refractivity contribution >= 4 is 44.6 Å². The predicted molar refractivity (Wildman–Crippen MR) is 108 cm³/mol. The van der Waals surface area contributed by atoms with Crippen LogP contribution < -0.4 is 10.1 Å². The molecule has 0 aliphatic heterocycles. The molecule has 0 fully saturated rings. The van der Waals surface area contributed by atoms with Crippen molar-refractivity contribution in [1.29, 1.82) is 0 Å². The van der Waals surface area contributed by atoms with Crippen molar-refractivity contribution in [2.24, 2.45) is 0 Å². The van der Waals surface area contributed by atoms with Gasteiger partial charge >= 0.3 is 6.01 Å². The molecule has 1 aromatic carbocycles. The maximum absolute atomic E-state index is 12.4. The van der Waals surface area contributed by atoms with Gasteiger partial charge in [-0.3, -0.25) is 4.79 Å². The zero-order valence-corrected chi connectivity index (χ0v) is 16.1. The molecule has 134 valence electrons.